The van der Waals surface area contributed by atoms with Crippen LogP contribution < -0.4 is 28.7 Å². The third kappa shape index (κ3) is 3.89. The maximum Gasteiger partial charge on any atom is -0.0280 e. The summed E-state index contributed by atoms with van der Waals surface area (Å²) in [5.74, 6) is 9.71. The average Bonchev–Trinajstić information content (AvgIpc) is 1.65. The largest absolute Gasteiger partial charge is 0.536 e. The zero-order valence-corrected chi connectivity index (χ0v) is 4.28. The summed E-state index contributed by atoms with van der Waals surface area (Å²) in [6, 6.07) is 0. The van der Waals surface area contributed by atoms with Crippen molar-refractivity contribution in [1.29, 1.82) is 0 Å². The van der Waals surface area contributed by atoms with Crippen LogP contribution in [0.2, 0.25) is 0 Å². The Kier molecular flexibility index (Phi) is 3.56. The Morgan fingerprint density at radius 3 is 2.12 bits per heavy atom. The summed E-state index contributed by atoms with van der Waals surface area (Å²) in [4.78, 5) is 0. The summed E-state index contributed by atoms with van der Waals surface area (Å²) >= 11 is 0. The average molecular weight is 120 g/mol. The molecule has 7 heteroatoms. The fraction of sp³-hybridized carbons (Fsp3) is 1.00. The van der Waals surface area contributed by atoms with E-state index in [1.807, 2.05) is 5.53 Å². The summed E-state index contributed by atoms with van der Waals surface area (Å²) in [5, 5.41) is 0.727. The highest BCUT2D eigenvalue weighted by Crippen LogP contribution is 1.81. The first-order valence-electron chi connectivity index (χ1n) is 1.90. The van der Waals surface area contributed by atoms with Crippen LogP contribution in [-0.2, 0) is 0 Å². The summed E-state index contributed by atoms with van der Waals surface area (Å²) in [7, 11) is 0. The predicted octanol–water partition coefficient (Wildman–Crippen LogP) is -2.97. The molecule has 8 heavy (non-hydrogen) atoms. The molecule has 0 aromatic carbocycles. The summed E-state index contributed by atoms with van der Waals surface area (Å²) in [6.07, 6.45) is -0.837. The van der Waals surface area contributed by atoms with E-state index in [9.17, 15) is 0 Å². The molecule has 0 aromatic heterocycles. The number of nitrogens with zero attached hydrogens (tertiary/aromatic N) is 2. The zero-order chi connectivity index (χ0) is 6.57. The van der Waals surface area contributed by atoms with Crippen LogP contribution >= 0.6 is 0 Å². The van der Waals surface area contributed by atoms with Crippen LogP contribution in [0.1, 0.15) is 0 Å². The van der Waals surface area contributed by atoms with Crippen LogP contribution in [-0.4, -0.2) is 11.5 Å². The van der Waals surface area contributed by atoms with Gasteiger partial charge in [-0.2, -0.15) is 5.53 Å². The molecule has 0 amide bonds. The molecule has 0 atom stereocenters. The van der Waals surface area contributed by atoms with Crippen LogP contribution in [0.25, 0.3) is 5.43 Å². The Morgan fingerprint density at radius 1 is 1.50 bits per heavy atom. The molecule has 0 unspecified atom stereocenters. The standard InChI is InChI=1S/CH10N7/c2-1(3)6-8(5)7-4/h1,7H,2-5H2/q-1. The Morgan fingerprint density at radius 2 is 2.00 bits per heavy atom. The van der Waals surface area contributed by atoms with Gasteiger partial charge in [0, 0.05) is 0 Å². The smallest absolute Gasteiger partial charge is 0.0280 e. The van der Waals surface area contributed by atoms with Crippen molar-refractivity contribution in [2.75, 3.05) is 0 Å². The zero-order valence-electron chi connectivity index (χ0n) is 4.28. The van der Waals surface area contributed by atoms with Crippen LogP contribution in [0, 0.1) is 0 Å². The molecule has 0 bridgehead atoms. The van der Waals surface area contributed by atoms with Gasteiger partial charge < -0.3 is 16.9 Å². The van der Waals surface area contributed by atoms with Crippen LogP contribution in [0.15, 0.2) is 0 Å². The summed E-state index contributed by atoms with van der Waals surface area (Å²) in [5.41, 5.74) is 15.2. The number of hydrazine groups is 3. The number of nitrogens with two attached hydrogens (primary N) is 4. The van der Waals surface area contributed by atoms with Gasteiger partial charge in [-0.05, 0) is 6.29 Å². The van der Waals surface area contributed by atoms with Crippen molar-refractivity contribution in [2.24, 2.45) is 23.2 Å². The number of hydrogen-bond acceptors (Lipinski definition) is 6. The van der Waals surface area contributed by atoms with E-state index in [-0.39, 0.29) is 0 Å². The summed E-state index contributed by atoms with van der Waals surface area (Å²) < 4.78 is 0. The number of rotatable bonds is 3. The summed E-state index contributed by atoms with van der Waals surface area (Å²) in [6.45, 7) is 0. The van der Waals surface area contributed by atoms with Crippen molar-refractivity contribution in [3.8, 4) is 0 Å². The fourth-order valence-electron chi connectivity index (χ4n) is 0.177. The van der Waals surface area contributed by atoms with Gasteiger partial charge in [-0.1, -0.05) is 0 Å². The van der Waals surface area contributed by atoms with Gasteiger partial charge >= 0.3 is 0 Å². The molecule has 0 saturated heterocycles. The van der Waals surface area contributed by atoms with Gasteiger partial charge in [-0.15, -0.1) is 0 Å². The molecule has 0 aliphatic rings. The molecule has 0 saturated carbocycles. The number of hydrogen-bond donors (Lipinski definition) is 5. The van der Waals surface area contributed by atoms with Crippen molar-refractivity contribution in [1.82, 2.24) is 10.8 Å². The lowest BCUT2D eigenvalue weighted by Crippen LogP contribution is -2.49. The normalized spacial score (nSPS) is 11.2. The minimum atomic E-state index is -0.837. The minimum absolute atomic E-state index is 0.727. The monoisotopic (exact) mass is 120 g/mol. The Bertz CT molecular complexity index is 50.3. The van der Waals surface area contributed by atoms with E-state index in [1.165, 1.54) is 0 Å². The number of nitrogens with one attached hydrogen (secondary N) is 1. The quantitative estimate of drug-likeness (QED) is 0.153. The first-order valence-corrected chi connectivity index (χ1v) is 1.90. The molecule has 0 aliphatic heterocycles. The van der Waals surface area contributed by atoms with Crippen LogP contribution in [0.5, 0.6) is 0 Å². The molecule has 0 rings (SSSR count). The van der Waals surface area contributed by atoms with E-state index < -0.39 is 6.29 Å². The molecule has 0 fully saturated rings. The van der Waals surface area contributed by atoms with Gasteiger partial charge in [-0.25, -0.2) is 0 Å². The van der Waals surface area contributed by atoms with Gasteiger partial charge in [-0.3, -0.25) is 16.9 Å². The highest BCUT2D eigenvalue weighted by atomic mass is 15.9. The van der Waals surface area contributed by atoms with E-state index in [4.69, 9.17) is 23.2 Å². The van der Waals surface area contributed by atoms with E-state index in [0.717, 1.165) is 5.23 Å². The molecular formula is CH10N7-. The van der Waals surface area contributed by atoms with Gasteiger partial charge in [0.25, 0.3) is 0 Å². The van der Waals surface area contributed by atoms with Gasteiger partial charge in [0.1, 0.15) is 0 Å². The Hall–Kier alpha value is -0.280. The molecule has 50 valence electrons. The van der Waals surface area contributed by atoms with Crippen molar-refractivity contribution in [3.05, 3.63) is 5.43 Å². The molecular weight excluding hydrogens is 110 g/mol. The SMILES string of the molecule is NNN(N)[N-]C(N)N. The molecule has 0 heterocycles. The molecule has 0 spiro atoms. The fourth-order valence-corrected chi connectivity index (χ4v) is 0.177. The lowest BCUT2D eigenvalue weighted by molar-refractivity contribution is 0.242. The van der Waals surface area contributed by atoms with E-state index in [0.29, 0.717) is 0 Å². The third-order valence-electron chi connectivity index (χ3n) is 0.390. The topological polar surface area (TPSA) is 133 Å². The molecule has 0 radical (unpaired) electrons. The molecule has 9 N–H and O–H groups in total. The Balaban J connectivity index is 3.10. The van der Waals surface area contributed by atoms with Crippen LogP contribution in [0.3, 0.4) is 0 Å². The maximum atomic E-state index is 4.96. The van der Waals surface area contributed by atoms with Crippen molar-refractivity contribution < 1.29 is 0 Å². The van der Waals surface area contributed by atoms with E-state index in [1.54, 1.807) is 0 Å². The lowest BCUT2D eigenvalue weighted by Gasteiger charge is -2.33. The maximum absolute atomic E-state index is 4.96. The molecule has 0 aromatic rings. The van der Waals surface area contributed by atoms with Crippen molar-refractivity contribution in [2.45, 2.75) is 6.29 Å². The predicted molar refractivity (Wildman–Crippen MR) is 28.9 cm³/mol. The highest BCUT2D eigenvalue weighted by Gasteiger charge is 1.78. The van der Waals surface area contributed by atoms with Crippen LogP contribution in [0.4, 0.5) is 0 Å². The molecule has 0 aliphatic carbocycles. The first-order chi connectivity index (χ1) is 3.66. The van der Waals surface area contributed by atoms with E-state index >= 15 is 0 Å². The lowest BCUT2D eigenvalue weighted by atomic mass is 11.0. The van der Waals surface area contributed by atoms with Gasteiger partial charge in [0.2, 0.25) is 0 Å². The van der Waals surface area contributed by atoms with Crippen molar-refractivity contribution >= 4 is 0 Å². The minimum Gasteiger partial charge on any atom is -0.536 e. The first kappa shape index (κ1) is 7.72. The van der Waals surface area contributed by atoms with Gasteiger partial charge in [0.15, 0.2) is 0 Å². The third-order valence-corrected chi connectivity index (χ3v) is 0.390. The second kappa shape index (κ2) is 3.69. The second-order valence-electron chi connectivity index (χ2n) is 1.08. The van der Waals surface area contributed by atoms with Crippen molar-refractivity contribution in [3.63, 3.8) is 0 Å². The van der Waals surface area contributed by atoms with E-state index in [2.05, 4.69) is 5.43 Å². The Labute approximate surface area is 46.8 Å². The second-order valence-corrected chi connectivity index (χ2v) is 1.08. The van der Waals surface area contributed by atoms with Gasteiger partial charge in [0.05, 0.1) is 0 Å². The highest BCUT2D eigenvalue weighted by molar-refractivity contribution is 4.72. The molecule has 7 nitrogen and oxygen atoms in total.